The molecule has 32 heavy (non-hydrogen) atoms. The van der Waals surface area contributed by atoms with Crippen LogP contribution >= 0.6 is 0 Å². The number of nitrogens with one attached hydrogen (secondary N) is 1. The van der Waals surface area contributed by atoms with Crippen molar-refractivity contribution in [2.45, 2.75) is 47.2 Å². The van der Waals surface area contributed by atoms with Crippen LogP contribution in [0.2, 0.25) is 0 Å². The number of nitriles is 1. The van der Waals surface area contributed by atoms with Gasteiger partial charge in [0.15, 0.2) is 0 Å². The SMILES string of the molecule is Cc1cc(/C=C(\C#N)C(=O)NC(C)c2nc(-c3ccc(F)cc3)no2)c(C)n1CC(C)C. The second-order valence-corrected chi connectivity index (χ2v) is 8.16. The van der Waals surface area contributed by atoms with E-state index < -0.39 is 11.9 Å². The highest BCUT2D eigenvalue weighted by molar-refractivity contribution is 6.02. The third kappa shape index (κ3) is 5.11. The number of nitrogens with zero attached hydrogens (tertiary/aromatic N) is 4. The van der Waals surface area contributed by atoms with E-state index in [1.165, 1.54) is 12.1 Å². The van der Waals surface area contributed by atoms with Crippen molar-refractivity contribution < 1.29 is 13.7 Å². The smallest absolute Gasteiger partial charge is 0.262 e. The van der Waals surface area contributed by atoms with E-state index in [-0.39, 0.29) is 23.1 Å². The van der Waals surface area contributed by atoms with Crippen LogP contribution in [0.1, 0.15) is 49.7 Å². The van der Waals surface area contributed by atoms with E-state index in [1.807, 2.05) is 26.0 Å². The highest BCUT2D eigenvalue weighted by Gasteiger charge is 2.20. The quantitative estimate of drug-likeness (QED) is 0.427. The summed E-state index contributed by atoms with van der Waals surface area (Å²) in [6.07, 6.45) is 1.60. The van der Waals surface area contributed by atoms with Crippen LogP contribution in [-0.2, 0) is 11.3 Å². The molecule has 1 aromatic carbocycles. The monoisotopic (exact) mass is 435 g/mol. The van der Waals surface area contributed by atoms with E-state index in [2.05, 4.69) is 33.9 Å². The molecule has 1 unspecified atom stereocenters. The molecular formula is C24H26FN5O2. The molecule has 3 aromatic rings. The van der Waals surface area contributed by atoms with E-state index in [0.717, 1.165) is 23.5 Å². The van der Waals surface area contributed by atoms with Crippen molar-refractivity contribution in [2.24, 2.45) is 5.92 Å². The number of hydrogen-bond donors (Lipinski definition) is 1. The van der Waals surface area contributed by atoms with Crippen LogP contribution in [0.15, 0.2) is 40.4 Å². The van der Waals surface area contributed by atoms with Crippen molar-refractivity contribution in [2.75, 3.05) is 0 Å². The Morgan fingerprint density at radius 2 is 1.97 bits per heavy atom. The van der Waals surface area contributed by atoms with Crippen LogP contribution < -0.4 is 5.32 Å². The molecule has 2 aromatic heterocycles. The Morgan fingerprint density at radius 1 is 1.28 bits per heavy atom. The lowest BCUT2D eigenvalue weighted by Gasteiger charge is -2.12. The molecular weight excluding hydrogens is 409 g/mol. The summed E-state index contributed by atoms with van der Waals surface area (Å²) < 4.78 is 20.5. The first kappa shape index (κ1) is 22.9. The lowest BCUT2D eigenvalue weighted by Crippen LogP contribution is -2.27. The predicted octanol–water partition coefficient (Wildman–Crippen LogP) is 4.73. The Morgan fingerprint density at radius 3 is 2.59 bits per heavy atom. The van der Waals surface area contributed by atoms with Gasteiger partial charge in [-0.25, -0.2) is 4.39 Å². The topological polar surface area (TPSA) is 96.7 Å². The Bertz CT molecular complexity index is 1180. The van der Waals surface area contributed by atoms with Crippen LogP contribution in [-0.4, -0.2) is 20.6 Å². The molecule has 0 saturated carbocycles. The zero-order chi connectivity index (χ0) is 23.4. The lowest BCUT2D eigenvalue weighted by atomic mass is 10.1. The molecule has 2 heterocycles. The molecule has 1 atom stereocenters. The first-order valence-electron chi connectivity index (χ1n) is 10.4. The molecule has 0 spiro atoms. The van der Waals surface area contributed by atoms with Gasteiger partial charge in [0.1, 0.15) is 23.5 Å². The van der Waals surface area contributed by atoms with Gasteiger partial charge in [0.25, 0.3) is 5.91 Å². The summed E-state index contributed by atoms with van der Waals surface area (Å²) >= 11 is 0. The van der Waals surface area contributed by atoms with Gasteiger partial charge in [0.2, 0.25) is 11.7 Å². The summed E-state index contributed by atoms with van der Waals surface area (Å²) in [6.45, 7) is 10.8. The zero-order valence-corrected chi connectivity index (χ0v) is 18.8. The number of halogens is 1. The van der Waals surface area contributed by atoms with Crippen molar-refractivity contribution in [3.63, 3.8) is 0 Å². The van der Waals surface area contributed by atoms with Crippen molar-refractivity contribution in [3.05, 3.63) is 64.6 Å². The molecule has 0 bridgehead atoms. The number of aromatic nitrogens is 3. The zero-order valence-electron chi connectivity index (χ0n) is 18.8. The third-order valence-electron chi connectivity index (χ3n) is 5.09. The molecule has 166 valence electrons. The third-order valence-corrected chi connectivity index (χ3v) is 5.09. The summed E-state index contributed by atoms with van der Waals surface area (Å²) in [5, 5.41) is 16.2. The molecule has 1 N–H and O–H groups in total. The first-order chi connectivity index (χ1) is 15.2. The first-order valence-corrected chi connectivity index (χ1v) is 10.4. The number of hydrogen-bond acceptors (Lipinski definition) is 5. The fraction of sp³-hybridized carbons (Fsp3) is 0.333. The number of carbonyl (C=O) groups excluding carboxylic acids is 1. The second kappa shape index (κ2) is 9.60. The Labute approximate surface area is 186 Å². The maximum absolute atomic E-state index is 13.1. The number of aryl methyl sites for hydroxylation is 1. The average Bonchev–Trinajstić information content (AvgIpc) is 3.33. The van der Waals surface area contributed by atoms with Gasteiger partial charge < -0.3 is 14.4 Å². The van der Waals surface area contributed by atoms with Gasteiger partial charge in [-0.2, -0.15) is 10.2 Å². The number of rotatable bonds is 7. The Balaban J connectivity index is 1.76. The van der Waals surface area contributed by atoms with Gasteiger partial charge in [0, 0.05) is 23.5 Å². The summed E-state index contributed by atoms with van der Waals surface area (Å²) in [7, 11) is 0. The highest BCUT2D eigenvalue weighted by Crippen LogP contribution is 2.21. The average molecular weight is 436 g/mol. The van der Waals surface area contributed by atoms with Gasteiger partial charge >= 0.3 is 0 Å². The normalized spacial score (nSPS) is 12.6. The lowest BCUT2D eigenvalue weighted by molar-refractivity contribution is -0.117. The molecule has 0 fully saturated rings. The molecule has 1 amide bonds. The largest absolute Gasteiger partial charge is 0.348 e. The van der Waals surface area contributed by atoms with Crippen molar-refractivity contribution in [1.29, 1.82) is 5.26 Å². The van der Waals surface area contributed by atoms with E-state index in [1.54, 1.807) is 25.1 Å². The van der Waals surface area contributed by atoms with Crippen LogP contribution in [0.4, 0.5) is 4.39 Å². The van der Waals surface area contributed by atoms with Crippen LogP contribution in [0.3, 0.4) is 0 Å². The van der Waals surface area contributed by atoms with Gasteiger partial charge in [-0.1, -0.05) is 19.0 Å². The molecule has 0 aliphatic rings. The number of carbonyl (C=O) groups is 1. The molecule has 0 aliphatic heterocycles. The molecule has 0 aliphatic carbocycles. The second-order valence-electron chi connectivity index (χ2n) is 8.16. The van der Waals surface area contributed by atoms with Gasteiger partial charge in [-0.15, -0.1) is 0 Å². The van der Waals surface area contributed by atoms with Crippen molar-refractivity contribution in [1.82, 2.24) is 20.0 Å². The summed E-state index contributed by atoms with van der Waals surface area (Å²) in [5.74, 6) is 0.0549. The standard InChI is InChI=1S/C24H26FN5O2/c1-14(2)13-30-15(3)10-19(17(30)5)11-20(12-26)23(31)27-16(4)24-28-22(29-32-24)18-6-8-21(25)9-7-18/h6-11,14,16H,13H2,1-5H3,(H,27,31)/b20-11+. The highest BCUT2D eigenvalue weighted by atomic mass is 19.1. The summed E-state index contributed by atoms with van der Waals surface area (Å²) in [6, 6.07) is 9.02. The Kier molecular flexibility index (Phi) is 6.89. The van der Waals surface area contributed by atoms with E-state index in [4.69, 9.17) is 4.52 Å². The molecule has 8 heteroatoms. The molecule has 0 radical (unpaired) electrons. The summed E-state index contributed by atoms with van der Waals surface area (Å²) in [4.78, 5) is 17.0. The van der Waals surface area contributed by atoms with E-state index >= 15 is 0 Å². The molecule has 0 saturated heterocycles. The fourth-order valence-corrected chi connectivity index (χ4v) is 3.39. The minimum atomic E-state index is -0.616. The van der Waals surface area contributed by atoms with Crippen molar-refractivity contribution in [3.8, 4) is 17.5 Å². The summed E-state index contributed by atoms with van der Waals surface area (Å²) in [5.41, 5.74) is 3.49. The molecule has 7 nitrogen and oxygen atoms in total. The van der Waals surface area contributed by atoms with E-state index in [9.17, 15) is 14.4 Å². The van der Waals surface area contributed by atoms with E-state index in [0.29, 0.717) is 11.5 Å². The molecule has 3 rings (SSSR count). The van der Waals surface area contributed by atoms with Crippen LogP contribution in [0, 0.1) is 36.9 Å². The maximum atomic E-state index is 13.1. The van der Waals surface area contributed by atoms with Gasteiger partial charge in [-0.05, 0) is 68.7 Å². The minimum Gasteiger partial charge on any atom is -0.348 e. The van der Waals surface area contributed by atoms with Gasteiger partial charge in [0.05, 0.1) is 0 Å². The number of benzene rings is 1. The van der Waals surface area contributed by atoms with Crippen LogP contribution in [0.5, 0.6) is 0 Å². The van der Waals surface area contributed by atoms with Crippen LogP contribution in [0.25, 0.3) is 17.5 Å². The van der Waals surface area contributed by atoms with Crippen molar-refractivity contribution >= 4 is 12.0 Å². The minimum absolute atomic E-state index is 0.0140. The fourth-order valence-electron chi connectivity index (χ4n) is 3.39. The number of amides is 1. The maximum Gasteiger partial charge on any atom is 0.262 e. The Hall–Kier alpha value is -3.73. The predicted molar refractivity (Wildman–Crippen MR) is 119 cm³/mol. The van der Waals surface area contributed by atoms with Gasteiger partial charge in [-0.3, -0.25) is 4.79 Å².